The van der Waals surface area contributed by atoms with Crippen LogP contribution in [0.25, 0.3) is 0 Å². The lowest BCUT2D eigenvalue weighted by atomic mass is 10.1. The summed E-state index contributed by atoms with van der Waals surface area (Å²) in [5, 5.41) is 0. The molecule has 0 bridgehead atoms. The van der Waals surface area contributed by atoms with Gasteiger partial charge in [0, 0.05) is 13.2 Å². The van der Waals surface area contributed by atoms with Gasteiger partial charge in [0.15, 0.2) is 6.07 Å². The first-order chi connectivity index (χ1) is 6.55. The minimum Gasteiger partial charge on any atom is -0.433 e. The first-order valence-electron chi connectivity index (χ1n) is 4.67. The molecule has 14 heavy (non-hydrogen) atoms. The van der Waals surface area contributed by atoms with Crippen molar-refractivity contribution < 1.29 is 14.3 Å². The number of halogens is 1. The first kappa shape index (κ1) is 11.6. The molecule has 1 heterocycles. The Kier molecular flexibility index (Phi) is 4.01. The van der Waals surface area contributed by atoms with Crippen molar-refractivity contribution in [2.24, 2.45) is 0 Å². The van der Waals surface area contributed by atoms with E-state index in [1.54, 1.807) is 4.90 Å². The molecule has 0 radical (unpaired) electrons. The summed E-state index contributed by atoms with van der Waals surface area (Å²) in [6.45, 7) is 5.80. The molecule has 0 aromatic heterocycles. The van der Waals surface area contributed by atoms with Crippen LogP contribution in [-0.2, 0) is 9.47 Å². The molecule has 1 rings (SSSR count). The van der Waals surface area contributed by atoms with Crippen LogP contribution in [0.2, 0.25) is 0 Å². The second-order valence-corrected chi connectivity index (χ2v) is 4.12. The molecule has 0 N–H and O–H groups in total. The third-order valence-electron chi connectivity index (χ3n) is 2.07. The molecular formula is C9H16ClNO3. The van der Waals surface area contributed by atoms with Gasteiger partial charge < -0.3 is 14.4 Å². The van der Waals surface area contributed by atoms with Crippen LogP contribution in [0, 0.1) is 0 Å². The van der Waals surface area contributed by atoms with Gasteiger partial charge in [-0.15, -0.1) is 0 Å². The highest BCUT2D eigenvalue weighted by Crippen LogP contribution is 2.16. The van der Waals surface area contributed by atoms with E-state index in [-0.39, 0.29) is 17.8 Å². The molecule has 5 heteroatoms. The van der Waals surface area contributed by atoms with Gasteiger partial charge in [0.25, 0.3) is 0 Å². The van der Waals surface area contributed by atoms with E-state index < -0.39 is 0 Å². The van der Waals surface area contributed by atoms with Gasteiger partial charge in [0.2, 0.25) is 0 Å². The SMILES string of the molecule is CC1(C)CN(C(=O)OCCl)CCCO1. The number of hydrogen-bond acceptors (Lipinski definition) is 3. The predicted octanol–water partition coefficient (Wildman–Crippen LogP) is 1.82. The summed E-state index contributed by atoms with van der Waals surface area (Å²) < 4.78 is 10.3. The third-order valence-corrected chi connectivity index (χ3v) is 2.18. The number of carbonyl (C=O) groups excluding carboxylic acids is 1. The predicted molar refractivity (Wildman–Crippen MR) is 53.4 cm³/mol. The Morgan fingerprint density at radius 3 is 3.00 bits per heavy atom. The molecule has 0 spiro atoms. The zero-order chi connectivity index (χ0) is 10.6. The zero-order valence-corrected chi connectivity index (χ0v) is 9.34. The number of alkyl halides is 1. The average molecular weight is 222 g/mol. The second kappa shape index (κ2) is 4.84. The molecule has 0 atom stereocenters. The molecule has 1 saturated heterocycles. The van der Waals surface area contributed by atoms with E-state index in [0.717, 1.165) is 6.42 Å². The van der Waals surface area contributed by atoms with E-state index >= 15 is 0 Å². The maximum atomic E-state index is 11.4. The summed E-state index contributed by atoms with van der Waals surface area (Å²) >= 11 is 5.33. The van der Waals surface area contributed by atoms with Crippen molar-refractivity contribution in [3.8, 4) is 0 Å². The molecule has 0 unspecified atom stereocenters. The van der Waals surface area contributed by atoms with Gasteiger partial charge in [-0.05, 0) is 20.3 Å². The number of amides is 1. The highest BCUT2D eigenvalue weighted by atomic mass is 35.5. The van der Waals surface area contributed by atoms with Crippen LogP contribution < -0.4 is 0 Å². The molecule has 0 aromatic carbocycles. The molecule has 1 aliphatic rings. The first-order valence-corrected chi connectivity index (χ1v) is 5.20. The Hall–Kier alpha value is -0.480. The van der Waals surface area contributed by atoms with Crippen molar-refractivity contribution in [3.63, 3.8) is 0 Å². The lowest BCUT2D eigenvalue weighted by Gasteiger charge is -2.28. The van der Waals surface area contributed by atoms with Crippen molar-refractivity contribution in [2.45, 2.75) is 25.9 Å². The molecule has 1 amide bonds. The molecule has 0 saturated carbocycles. The van der Waals surface area contributed by atoms with Crippen molar-refractivity contribution >= 4 is 17.7 Å². The van der Waals surface area contributed by atoms with Crippen LogP contribution in [0.5, 0.6) is 0 Å². The average Bonchev–Trinajstić information content (AvgIpc) is 2.27. The van der Waals surface area contributed by atoms with Crippen molar-refractivity contribution in [1.29, 1.82) is 0 Å². The summed E-state index contributed by atoms with van der Waals surface area (Å²) in [7, 11) is 0. The third kappa shape index (κ3) is 3.35. The molecule has 4 nitrogen and oxygen atoms in total. The number of nitrogens with zero attached hydrogens (tertiary/aromatic N) is 1. The van der Waals surface area contributed by atoms with Crippen molar-refractivity contribution in [3.05, 3.63) is 0 Å². The maximum absolute atomic E-state index is 11.4. The molecule has 0 aliphatic carbocycles. The minimum absolute atomic E-state index is 0.101. The van der Waals surface area contributed by atoms with E-state index in [1.165, 1.54) is 0 Å². The number of rotatable bonds is 1. The molecule has 82 valence electrons. The normalized spacial score (nSPS) is 21.5. The van der Waals surface area contributed by atoms with E-state index in [0.29, 0.717) is 19.7 Å². The van der Waals surface area contributed by atoms with E-state index in [9.17, 15) is 4.79 Å². The molecular weight excluding hydrogens is 206 g/mol. The number of hydrogen-bond donors (Lipinski definition) is 0. The standard InChI is InChI=1S/C9H16ClNO3/c1-9(2)6-11(4-3-5-14-9)8(12)13-7-10/h3-7H2,1-2H3. The zero-order valence-electron chi connectivity index (χ0n) is 8.59. The Labute approximate surface area is 89.1 Å². The topological polar surface area (TPSA) is 38.8 Å². The maximum Gasteiger partial charge on any atom is 0.411 e. The molecule has 1 fully saturated rings. The summed E-state index contributed by atoms with van der Waals surface area (Å²) in [5.74, 6) is 0. The lowest BCUT2D eigenvalue weighted by Crippen LogP contribution is -2.41. The Morgan fingerprint density at radius 2 is 2.36 bits per heavy atom. The molecule has 1 aliphatic heterocycles. The van der Waals surface area contributed by atoms with Gasteiger partial charge in [-0.3, -0.25) is 0 Å². The van der Waals surface area contributed by atoms with E-state index in [1.807, 2.05) is 13.8 Å². The number of carbonyl (C=O) groups is 1. The van der Waals surface area contributed by atoms with Gasteiger partial charge in [-0.25, -0.2) is 4.79 Å². The Bertz CT molecular complexity index is 208. The highest BCUT2D eigenvalue weighted by Gasteiger charge is 2.28. The van der Waals surface area contributed by atoms with Crippen LogP contribution in [0.3, 0.4) is 0 Å². The quantitative estimate of drug-likeness (QED) is 0.634. The monoisotopic (exact) mass is 221 g/mol. The van der Waals surface area contributed by atoms with Crippen LogP contribution >= 0.6 is 11.6 Å². The fourth-order valence-electron chi connectivity index (χ4n) is 1.48. The number of ether oxygens (including phenoxy) is 2. The van der Waals surface area contributed by atoms with E-state index in [2.05, 4.69) is 0 Å². The van der Waals surface area contributed by atoms with E-state index in [4.69, 9.17) is 21.1 Å². The van der Waals surface area contributed by atoms with Crippen LogP contribution in [0.1, 0.15) is 20.3 Å². The van der Waals surface area contributed by atoms with Crippen LogP contribution in [0.15, 0.2) is 0 Å². The van der Waals surface area contributed by atoms with Crippen molar-refractivity contribution in [1.82, 2.24) is 4.90 Å². The minimum atomic E-state index is -0.362. The summed E-state index contributed by atoms with van der Waals surface area (Å²) in [6, 6.07) is -0.101. The lowest BCUT2D eigenvalue weighted by molar-refractivity contribution is -0.0166. The summed E-state index contributed by atoms with van der Waals surface area (Å²) in [6.07, 6.45) is 0.472. The second-order valence-electron chi connectivity index (χ2n) is 3.90. The van der Waals surface area contributed by atoms with Gasteiger partial charge >= 0.3 is 6.09 Å². The largest absolute Gasteiger partial charge is 0.433 e. The fourth-order valence-corrected chi connectivity index (χ4v) is 1.58. The molecule has 0 aromatic rings. The highest BCUT2D eigenvalue weighted by molar-refractivity contribution is 6.17. The smallest absolute Gasteiger partial charge is 0.411 e. The fraction of sp³-hybridized carbons (Fsp3) is 0.889. The van der Waals surface area contributed by atoms with Gasteiger partial charge in [-0.1, -0.05) is 11.6 Å². The van der Waals surface area contributed by atoms with Gasteiger partial charge in [0.05, 0.1) is 12.1 Å². The van der Waals surface area contributed by atoms with Crippen LogP contribution in [0.4, 0.5) is 4.79 Å². The summed E-state index contributed by atoms with van der Waals surface area (Å²) in [4.78, 5) is 13.0. The van der Waals surface area contributed by atoms with Crippen molar-refractivity contribution in [2.75, 3.05) is 25.8 Å². The van der Waals surface area contributed by atoms with Crippen LogP contribution in [-0.4, -0.2) is 42.4 Å². The Morgan fingerprint density at radius 1 is 1.64 bits per heavy atom. The van der Waals surface area contributed by atoms with Gasteiger partial charge in [0.1, 0.15) is 0 Å². The summed E-state index contributed by atoms with van der Waals surface area (Å²) in [5.41, 5.74) is -0.304. The van der Waals surface area contributed by atoms with Gasteiger partial charge in [-0.2, -0.15) is 0 Å². The Balaban J connectivity index is 2.55.